The maximum atomic E-state index is 12.1. The fraction of sp³-hybridized carbons (Fsp3) is 0.600. The van der Waals surface area contributed by atoms with Gasteiger partial charge in [-0.3, -0.25) is 9.59 Å². The van der Waals surface area contributed by atoms with E-state index in [1.165, 1.54) is 6.92 Å². The number of hydrogen-bond acceptors (Lipinski definition) is 5. The molecule has 19 heavy (non-hydrogen) atoms. The number of H-pyrrole nitrogens is 1. The van der Waals surface area contributed by atoms with Gasteiger partial charge in [0.25, 0.3) is 10.0 Å². The van der Waals surface area contributed by atoms with E-state index in [0.717, 1.165) is 0 Å². The van der Waals surface area contributed by atoms with Crippen LogP contribution < -0.4 is 9.60 Å². The van der Waals surface area contributed by atoms with Crippen molar-refractivity contribution in [1.82, 2.24) is 9.71 Å². The first-order chi connectivity index (χ1) is 8.69. The summed E-state index contributed by atoms with van der Waals surface area (Å²) in [6.07, 6.45) is 0.516. The predicted molar refractivity (Wildman–Crippen MR) is 70.9 cm³/mol. The molecule has 7 nitrogen and oxygen atoms in total. The molecule has 0 aliphatic carbocycles. The highest BCUT2D eigenvalue weighted by molar-refractivity contribution is 7.91. The largest absolute Gasteiger partial charge is 0.480 e. The van der Waals surface area contributed by atoms with Gasteiger partial charge in [-0.05, 0) is 12.8 Å². The zero-order valence-corrected chi connectivity index (χ0v) is 12.4. The molecule has 2 unspecified atom stereocenters. The number of aromatic amines is 1. The first-order valence-electron chi connectivity index (χ1n) is 5.64. The van der Waals surface area contributed by atoms with Gasteiger partial charge in [0.05, 0.1) is 0 Å². The molecule has 1 aromatic heterocycles. The van der Waals surface area contributed by atoms with E-state index < -0.39 is 26.9 Å². The number of aliphatic carboxylic acids is 1. The number of aromatic nitrogens is 1. The molecular formula is C10H16N2O5S2. The molecule has 1 aromatic rings. The Hall–Kier alpha value is -1.19. The number of carboxylic acids is 1. The van der Waals surface area contributed by atoms with E-state index in [-0.39, 0.29) is 15.8 Å². The molecule has 0 aliphatic heterocycles. The summed E-state index contributed by atoms with van der Waals surface area (Å²) in [5.74, 6) is -1.60. The summed E-state index contributed by atoms with van der Waals surface area (Å²) in [4.78, 5) is 24.1. The lowest BCUT2D eigenvalue weighted by atomic mass is 10.0. The zero-order chi connectivity index (χ0) is 14.8. The number of carbonyl (C=O) groups is 1. The van der Waals surface area contributed by atoms with Crippen LogP contribution in [0.1, 0.15) is 26.0 Å². The Morgan fingerprint density at radius 3 is 2.47 bits per heavy atom. The van der Waals surface area contributed by atoms with E-state index in [0.29, 0.717) is 17.8 Å². The summed E-state index contributed by atoms with van der Waals surface area (Å²) in [6, 6.07) is -1.22. The van der Waals surface area contributed by atoms with E-state index >= 15 is 0 Å². The molecule has 0 saturated heterocycles. The second-order valence-corrected chi connectivity index (χ2v) is 7.14. The first kappa shape index (κ1) is 15.9. The zero-order valence-electron chi connectivity index (χ0n) is 10.8. The molecular weight excluding hydrogens is 292 g/mol. The molecule has 0 bridgehead atoms. The van der Waals surface area contributed by atoms with Crippen LogP contribution in [-0.2, 0) is 14.8 Å². The highest BCUT2D eigenvalue weighted by atomic mass is 32.2. The number of thiazole rings is 1. The standard InChI is InChI=1S/C10H16N2O5S2/c1-4-5(2)7(8(13)14)12-19(16,17)9-6(3)11-10(15)18-9/h5,7,12H,4H2,1-3H3,(H,11,15)(H,13,14). The lowest BCUT2D eigenvalue weighted by Crippen LogP contribution is -2.44. The quantitative estimate of drug-likeness (QED) is 0.708. The highest BCUT2D eigenvalue weighted by Gasteiger charge is 2.31. The molecule has 9 heteroatoms. The van der Waals surface area contributed by atoms with Gasteiger partial charge in [0.15, 0.2) is 4.21 Å². The minimum Gasteiger partial charge on any atom is -0.480 e. The second-order valence-electron chi connectivity index (χ2n) is 4.25. The van der Waals surface area contributed by atoms with Crippen molar-refractivity contribution in [3.63, 3.8) is 0 Å². The smallest absolute Gasteiger partial charge is 0.322 e. The number of sulfonamides is 1. The van der Waals surface area contributed by atoms with Gasteiger partial charge in [-0.15, -0.1) is 0 Å². The molecule has 1 heterocycles. The maximum absolute atomic E-state index is 12.1. The van der Waals surface area contributed by atoms with Gasteiger partial charge in [0, 0.05) is 5.69 Å². The highest BCUT2D eigenvalue weighted by Crippen LogP contribution is 2.18. The van der Waals surface area contributed by atoms with E-state index in [9.17, 15) is 18.0 Å². The molecule has 0 radical (unpaired) electrons. The molecule has 0 amide bonds. The summed E-state index contributed by atoms with van der Waals surface area (Å²) in [5.41, 5.74) is 0.204. The third-order valence-corrected chi connectivity index (χ3v) is 5.83. The van der Waals surface area contributed by atoms with Crippen LogP contribution in [0.5, 0.6) is 0 Å². The van der Waals surface area contributed by atoms with Gasteiger partial charge in [-0.25, -0.2) is 8.42 Å². The van der Waals surface area contributed by atoms with Gasteiger partial charge < -0.3 is 10.1 Å². The van der Waals surface area contributed by atoms with Crippen LogP contribution in [0.25, 0.3) is 0 Å². The summed E-state index contributed by atoms with van der Waals surface area (Å²) >= 11 is 0.540. The second kappa shape index (κ2) is 5.85. The Morgan fingerprint density at radius 2 is 2.11 bits per heavy atom. The van der Waals surface area contributed by atoms with Crippen LogP contribution in [0, 0.1) is 12.8 Å². The number of nitrogens with one attached hydrogen (secondary N) is 2. The van der Waals surface area contributed by atoms with Gasteiger partial charge in [0.2, 0.25) is 0 Å². The van der Waals surface area contributed by atoms with Crippen LogP contribution in [0.2, 0.25) is 0 Å². The number of rotatable bonds is 6. The lowest BCUT2D eigenvalue weighted by Gasteiger charge is -2.19. The Morgan fingerprint density at radius 1 is 1.53 bits per heavy atom. The van der Waals surface area contributed by atoms with Gasteiger partial charge in [0.1, 0.15) is 6.04 Å². The van der Waals surface area contributed by atoms with Crippen molar-refractivity contribution < 1.29 is 18.3 Å². The van der Waals surface area contributed by atoms with Crippen molar-refractivity contribution in [2.24, 2.45) is 5.92 Å². The lowest BCUT2D eigenvalue weighted by molar-refractivity contribution is -0.140. The normalized spacial score (nSPS) is 15.1. The van der Waals surface area contributed by atoms with Crippen LogP contribution >= 0.6 is 11.3 Å². The molecule has 0 aromatic carbocycles. The Kier molecular flexibility index (Phi) is 4.88. The van der Waals surface area contributed by atoms with Crippen LogP contribution in [-0.4, -0.2) is 30.5 Å². The van der Waals surface area contributed by atoms with Crippen LogP contribution in [0.4, 0.5) is 0 Å². The fourth-order valence-corrected chi connectivity index (χ4v) is 4.13. The third-order valence-electron chi connectivity index (χ3n) is 2.79. The van der Waals surface area contributed by atoms with Crippen molar-refractivity contribution >= 4 is 27.3 Å². The summed E-state index contributed by atoms with van der Waals surface area (Å²) in [6.45, 7) is 4.87. The van der Waals surface area contributed by atoms with Gasteiger partial charge in [-0.2, -0.15) is 4.72 Å². The number of carboxylic acid groups (broad SMARTS) is 1. The maximum Gasteiger partial charge on any atom is 0.322 e. The van der Waals surface area contributed by atoms with Crippen LogP contribution in [0.15, 0.2) is 9.00 Å². The van der Waals surface area contributed by atoms with Crippen molar-refractivity contribution in [3.05, 3.63) is 15.4 Å². The van der Waals surface area contributed by atoms with Crippen LogP contribution in [0.3, 0.4) is 0 Å². The number of hydrogen-bond donors (Lipinski definition) is 3. The fourth-order valence-electron chi connectivity index (χ4n) is 1.51. The van der Waals surface area contributed by atoms with Gasteiger partial charge >= 0.3 is 10.8 Å². The monoisotopic (exact) mass is 308 g/mol. The molecule has 108 valence electrons. The minimum atomic E-state index is -4.01. The van der Waals surface area contributed by atoms with Crippen molar-refractivity contribution in [1.29, 1.82) is 0 Å². The molecule has 0 aliphatic rings. The van der Waals surface area contributed by atoms with E-state index in [1.807, 2.05) is 0 Å². The molecule has 0 fully saturated rings. The summed E-state index contributed by atoms with van der Waals surface area (Å²) < 4.78 is 26.1. The average molecular weight is 308 g/mol. The Balaban J connectivity index is 3.11. The van der Waals surface area contributed by atoms with E-state index in [2.05, 4.69) is 9.71 Å². The SMILES string of the molecule is CCC(C)C(NS(=O)(=O)c1sc(=O)[nH]c1C)C(=O)O. The van der Waals surface area contributed by atoms with Crippen molar-refractivity contribution in [3.8, 4) is 0 Å². The average Bonchev–Trinajstić information content (AvgIpc) is 2.65. The van der Waals surface area contributed by atoms with E-state index in [1.54, 1.807) is 13.8 Å². The summed E-state index contributed by atoms with van der Waals surface area (Å²) in [5, 5.41) is 9.07. The predicted octanol–water partition coefficient (Wildman–Crippen LogP) is 0.522. The first-order valence-corrected chi connectivity index (χ1v) is 7.93. The number of aryl methyl sites for hydroxylation is 1. The minimum absolute atomic E-state index is 0.174. The Labute approximate surface area is 114 Å². The summed E-state index contributed by atoms with van der Waals surface area (Å²) in [7, 11) is -4.01. The van der Waals surface area contributed by atoms with E-state index in [4.69, 9.17) is 5.11 Å². The molecule has 1 rings (SSSR count). The van der Waals surface area contributed by atoms with Crippen molar-refractivity contribution in [2.45, 2.75) is 37.4 Å². The van der Waals surface area contributed by atoms with Crippen molar-refractivity contribution in [2.75, 3.05) is 0 Å². The Bertz CT molecular complexity index is 616. The molecule has 0 spiro atoms. The molecule has 0 saturated carbocycles. The molecule has 3 N–H and O–H groups in total. The topological polar surface area (TPSA) is 116 Å². The third kappa shape index (κ3) is 3.64. The molecule has 2 atom stereocenters. The van der Waals surface area contributed by atoms with Gasteiger partial charge in [-0.1, -0.05) is 31.6 Å².